The maximum atomic E-state index is 3.63. The van der Waals surface area contributed by atoms with E-state index < -0.39 is 0 Å². The van der Waals surface area contributed by atoms with E-state index >= 15 is 0 Å². The van der Waals surface area contributed by atoms with Gasteiger partial charge in [0.25, 0.3) is 0 Å². The van der Waals surface area contributed by atoms with Gasteiger partial charge in [-0.1, -0.05) is 49.4 Å². The SMILES string of the molecule is CCC1CN(Cc2cccc3ccccc23)C(C)CN1. The molecule has 106 valence electrons. The third-order valence-electron chi connectivity index (χ3n) is 4.53. The Morgan fingerprint density at radius 1 is 1.15 bits per heavy atom. The minimum absolute atomic E-state index is 0.608. The van der Waals surface area contributed by atoms with Gasteiger partial charge in [0, 0.05) is 31.7 Å². The van der Waals surface area contributed by atoms with Gasteiger partial charge in [-0.15, -0.1) is 0 Å². The Morgan fingerprint density at radius 2 is 1.95 bits per heavy atom. The van der Waals surface area contributed by atoms with Crippen molar-refractivity contribution in [3.8, 4) is 0 Å². The maximum Gasteiger partial charge on any atom is 0.0243 e. The van der Waals surface area contributed by atoms with Crippen LogP contribution in [0.2, 0.25) is 0 Å². The van der Waals surface area contributed by atoms with Gasteiger partial charge in [-0.3, -0.25) is 4.90 Å². The molecule has 1 fully saturated rings. The smallest absolute Gasteiger partial charge is 0.0243 e. The molecule has 2 aromatic rings. The zero-order valence-electron chi connectivity index (χ0n) is 12.5. The van der Waals surface area contributed by atoms with Gasteiger partial charge in [-0.2, -0.15) is 0 Å². The highest BCUT2D eigenvalue weighted by Gasteiger charge is 2.24. The number of nitrogens with one attached hydrogen (secondary N) is 1. The Balaban J connectivity index is 1.85. The zero-order valence-corrected chi connectivity index (χ0v) is 12.5. The fraction of sp³-hybridized carbons (Fsp3) is 0.444. The number of rotatable bonds is 3. The van der Waals surface area contributed by atoms with Crippen molar-refractivity contribution in [3.05, 3.63) is 48.0 Å². The molecule has 0 spiro atoms. The van der Waals surface area contributed by atoms with E-state index in [0.29, 0.717) is 12.1 Å². The molecule has 0 amide bonds. The molecule has 2 nitrogen and oxygen atoms in total. The fourth-order valence-electron chi connectivity index (χ4n) is 3.14. The summed E-state index contributed by atoms with van der Waals surface area (Å²) >= 11 is 0. The van der Waals surface area contributed by atoms with Crippen molar-refractivity contribution in [1.82, 2.24) is 10.2 Å². The predicted molar refractivity (Wildman–Crippen MR) is 85.9 cm³/mol. The van der Waals surface area contributed by atoms with Gasteiger partial charge in [-0.25, -0.2) is 0 Å². The molecule has 1 heterocycles. The highest BCUT2D eigenvalue weighted by atomic mass is 15.2. The molecule has 1 saturated heterocycles. The van der Waals surface area contributed by atoms with Gasteiger partial charge in [0.15, 0.2) is 0 Å². The van der Waals surface area contributed by atoms with E-state index in [1.165, 1.54) is 22.8 Å². The van der Waals surface area contributed by atoms with Crippen molar-refractivity contribution < 1.29 is 0 Å². The summed E-state index contributed by atoms with van der Waals surface area (Å²) in [6, 6.07) is 16.6. The Bertz CT molecular complexity index is 573. The van der Waals surface area contributed by atoms with E-state index in [9.17, 15) is 0 Å². The lowest BCUT2D eigenvalue weighted by molar-refractivity contribution is 0.132. The molecule has 1 aliphatic rings. The first-order chi connectivity index (χ1) is 9.78. The van der Waals surface area contributed by atoms with Crippen molar-refractivity contribution in [3.63, 3.8) is 0 Å². The minimum Gasteiger partial charge on any atom is -0.311 e. The number of piperazine rings is 1. The molecule has 0 saturated carbocycles. The van der Waals surface area contributed by atoms with Gasteiger partial charge in [0.2, 0.25) is 0 Å². The first-order valence-corrected chi connectivity index (χ1v) is 7.72. The van der Waals surface area contributed by atoms with Crippen molar-refractivity contribution >= 4 is 10.8 Å². The minimum atomic E-state index is 0.608. The highest BCUT2D eigenvalue weighted by Crippen LogP contribution is 2.22. The fourth-order valence-corrected chi connectivity index (χ4v) is 3.14. The number of hydrogen-bond donors (Lipinski definition) is 1. The van der Waals surface area contributed by atoms with Crippen molar-refractivity contribution in [2.45, 2.75) is 38.9 Å². The van der Waals surface area contributed by atoms with Gasteiger partial charge in [0.1, 0.15) is 0 Å². The van der Waals surface area contributed by atoms with Gasteiger partial charge in [0.05, 0.1) is 0 Å². The summed E-state index contributed by atoms with van der Waals surface area (Å²) in [6.45, 7) is 7.90. The molecular weight excluding hydrogens is 244 g/mol. The number of fused-ring (bicyclic) bond motifs is 1. The van der Waals surface area contributed by atoms with E-state index in [2.05, 4.69) is 66.5 Å². The maximum absolute atomic E-state index is 3.63. The molecule has 3 rings (SSSR count). The van der Waals surface area contributed by atoms with Crippen LogP contribution in [0.4, 0.5) is 0 Å². The summed E-state index contributed by atoms with van der Waals surface area (Å²) in [6.07, 6.45) is 1.21. The van der Waals surface area contributed by atoms with E-state index in [4.69, 9.17) is 0 Å². The molecule has 1 N–H and O–H groups in total. The van der Waals surface area contributed by atoms with Crippen LogP contribution in [0.15, 0.2) is 42.5 Å². The average molecular weight is 268 g/mol. The summed E-state index contributed by atoms with van der Waals surface area (Å²) in [4.78, 5) is 2.62. The number of hydrogen-bond acceptors (Lipinski definition) is 2. The summed E-state index contributed by atoms with van der Waals surface area (Å²) in [5.74, 6) is 0. The molecule has 20 heavy (non-hydrogen) atoms. The van der Waals surface area contributed by atoms with Crippen LogP contribution in [0, 0.1) is 0 Å². The summed E-state index contributed by atoms with van der Waals surface area (Å²) < 4.78 is 0. The van der Waals surface area contributed by atoms with Crippen molar-refractivity contribution in [2.24, 2.45) is 0 Å². The van der Waals surface area contributed by atoms with Crippen LogP contribution in [0.5, 0.6) is 0 Å². The first kappa shape index (κ1) is 13.6. The second kappa shape index (κ2) is 5.94. The lowest BCUT2D eigenvalue weighted by Crippen LogP contribution is -2.54. The van der Waals surface area contributed by atoms with E-state index in [1.54, 1.807) is 0 Å². The molecule has 2 aromatic carbocycles. The second-order valence-electron chi connectivity index (χ2n) is 5.93. The van der Waals surface area contributed by atoms with Crippen LogP contribution in [0.1, 0.15) is 25.8 Å². The quantitative estimate of drug-likeness (QED) is 0.917. The van der Waals surface area contributed by atoms with Crippen LogP contribution in [-0.2, 0) is 6.54 Å². The summed E-state index contributed by atoms with van der Waals surface area (Å²) in [5, 5.41) is 6.37. The number of nitrogens with zero attached hydrogens (tertiary/aromatic N) is 1. The molecule has 0 aliphatic carbocycles. The topological polar surface area (TPSA) is 15.3 Å². The molecule has 2 atom stereocenters. The monoisotopic (exact) mass is 268 g/mol. The van der Waals surface area contributed by atoms with Gasteiger partial charge in [-0.05, 0) is 29.7 Å². The largest absolute Gasteiger partial charge is 0.311 e. The van der Waals surface area contributed by atoms with E-state index in [-0.39, 0.29) is 0 Å². The molecule has 0 aromatic heterocycles. The Kier molecular flexibility index (Phi) is 4.04. The van der Waals surface area contributed by atoms with Crippen LogP contribution in [-0.4, -0.2) is 30.1 Å². The molecule has 0 radical (unpaired) electrons. The molecule has 1 aliphatic heterocycles. The van der Waals surface area contributed by atoms with E-state index in [1.807, 2.05) is 0 Å². The normalized spacial score (nSPS) is 24.1. The number of benzene rings is 2. The first-order valence-electron chi connectivity index (χ1n) is 7.72. The Labute approximate surface area is 121 Å². The second-order valence-corrected chi connectivity index (χ2v) is 5.93. The van der Waals surface area contributed by atoms with Crippen LogP contribution >= 0.6 is 0 Å². The predicted octanol–water partition coefficient (Wildman–Crippen LogP) is 3.41. The summed E-state index contributed by atoms with van der Waals surface area (Å²) in [7, 11) is 0. The van der Waals surface area contributed by atoms with Gasteiger partial charge >= 0.3 is 0 Å². The lowest BCUT2D eigenvalue weighted by Gasteiger charge is -2.38. The van der Waals surface area contributed by atoms with Crippen LogP contribution in [0.25, 0.3) is 10.8 Å². The van der Waals surface area contributed by atoms with Crippen molar-refractivity contribution in [2.75, 3.05) is 13.1 Å². The van der Waals surface area contributed by atoms with Crippen molar-refractivity contribution in [1.29, 1.82) is 0 Å². The molecule has 2 heteroatoms. The average Bonchev–Trinajstić information content (AvgIpc) is 2.50. The summed E-state index contributed by atoms with van der Waals surface area (Å²) in [5.41, 5.74) is 1.45. The molecule has 2 unspecified atom stereocenters. The van der Waals surface area contributed by atoms with Gasteiger partial charge < -0.3 is 5.32 Å². The zero-order chi connectivity index (χ0) is 13.9. The van der Waals surface area contributed by atoms with E-state index in [0.717, 1.165) is 19.6 Å². The third kappa shape index (κ3) is 2.72. The highest BCUT2D eigenvalue weighted by molar-refractivity contribution is 5.85. The third-order valence-corrected chi connectivity index (χ3v) is 4.53. The van der Waals surface area contributed by atoms with Crippen LogP contribution in [0.3, 0.4) is 0 Å². The Hall–Kier alpha value is -1.38. The molecular formula is C18H24N2. The lowest BCUT2D eigenvalue weighted by atomic mass is 10.0. The standard InChI is InChI=1S/C18H24N2/c1-3-17-13-20(14(2)11-19-17)12-16-9-6-8-15-7-4-5-10-18(15)16/h4-10,14,17,19H,3,11-13H2,1-2H3. The molecule has 0 bridgehead atoms. The Morgan fingerprint density at radius 3 is 2.80 bits per heavy atom. The van der Waals surface area contributed by atoms with Crippen LogP contribution < -0.4 is 5.32 Å².